The summed E-state index contributed by atoms with van der Waals surface area (Å²) in [7, 11) is 0. The van der Waals surface area contributed by atoms with Gasteiger partial charge in [-0.05, 0) is 6.92 Å². The van der Waals surface area contributed by atoms with Crippen LogP contribution >= 0.6 is 0 Å². The van der Waals surface area contributed by atoms with Gasteiger partial charge in [-0.1, -0.05) is 0 Å². The quantitative estimate of drug-likeness (QED) is 0.775. The van der Waals surface area contributed by atoms with E-state index in [1.54, 1.807) is 6.20 Å². The van der Waals surface area contributed by atoms with Crippen LogP contribution < -0.4 is 10.1 Å². The van der Waals surface area contributed by atoms with Gasteiger partial charge in [0.15, 0.2) is 5.75 Å². The van der Waals surface area contributed by atoms with Crippen LogP contribution in [0.3, 0.4) is 0 Å². The number of nitrogens with one attached hydrogen (secondary N) is 1. The van der Waals surface area contributed by atoms with E-state index in [4.69, 9.17) is 4.74 Å². The molecule has 0 aromatic carbocycles. The summed E-state index contributed by atoms with van der Waals surface area (Å²) in [5, 5.41) is 7.51. The van der Waals surface area contributed by atoms with Crippen LogP contribution in [0, 0.1) is 0 Å². The summed E-state index contributed by atoms with van der Waals surface area (Å²) in [4.78, 5) is 2.42. The fourth-order valence-corrected chi connectivity index (χ4v) is 1.82. The lowest BCUT2D eigenvalue weighted by atomic mass is 10.4. The van der Waals surface area contributed by atoms with Gasteiger partial charge in [0.2, 0.25) is 0 Å². The number of rotatable bonds is 5. The average molecular weight is 224 g/mol. The molecule has 0 saturated carbocycles. The number of ether oxygens (including phenoxy) is 1. The molecule has 0 aliphatic carbocycles. The van der Waals surface area contributed by atoms with Crippen LogP contribution in [0.5, 0.6) is 5.75 Å². The molecule has 2 rings (SSSR count). The largest absolute Gasteiger partial charge is 0.489 e. The van der Waals surface area contributed by atoms with Crippen molar-refractivity contribution in [1.82, 2.24) is 20.0 Å². The summed E-state index contributed by atoms with van der Waals surface area (Å²) in [6.45, 7) is 9.13. The van der Waals surface area contributed by atoms with Crippen molar-refractivity contribution in [3.8, 4) is 5.75 Å². The molecule has 5 nitrogen and oxygen atoms in total. The van der Waals surface area contributed by atoms with Crippen LogP contribution in [0.15, 0.2) is 12.4 Å². The van der Waals surface area contributed by atoms with Crippen LogP contribution in [-0.2, 0) is 6.54 Å². The molecule has 0 atom stereocenters. The Bertz CT molecular complexity index is 307. The van der Waals surface area contributed by atoms with E-state index in [9.17, 15) is 0 Å². The van der Waals surface area contributed by atoms with Crippen LogP contribution in [0.2, 0.25) is 0 Å². The highest BCUT2D eigenvalue weighted by Crippen LogP contribution is 2.07. The summed E-state index contributed by atoms with van der Waals surface area (Å²) in [5.74, 6) is 0.872. The lowest BCUT2D eigenvalue weighted by Gasteiger charge is -2.26. The second-order valence-electron chi connectivity index (χ2n) is 3.97. The lowest BCUT2D eigenvalue weighted by Crippen LogP contribution is -2.44. The molecule has 0 bridgehead atoms. The van der Waals surface area contributed by atoms with Crippen molar-refractivity contribution in [3.63, 3.8) is 0 Å². The van der Waals surface area contributed by atoms with Crippen molar-refractivity contribution in [2.75, 3.05) is 39.3 Å². The van der Waals surface area contributed by atoms with E-state index in [1.807, 2.05) is 10.9 Å². The molecular weight excluding hydrogens is 204 g/mol. The Morgan fingerprint density at radius 1 is 1.44 bits per heavy atom. The highest BCUT2D eigenvalue weighted by Gasteiger charge is 2.08. The molecular formula is C11H20N4O. The predicted octanol–water partition coefficient (Wildman–Crippen LogP) is 0.187. The zero-order chi connectivity index (χ0) is 11.2. The van der Waals surface area contributed by atoms with Gasteiger partial charge in [-0.2, -0.15) is 5.10 Å². The minimum Gasteiger partial charge on any atom is -0.489 e. The molecule has 90 valence electrons. The minimum atomic E-state index is 0.745. The van der Waals surface area contributed by atoms with Crippen molar-refractivity contribution in [2.45, 2.75) is 13.5 Å². The number of aryl methyl sites for hydroxylation is 1. The minimum absolute atomic E-state index is 0.745. The molecule has 1 aliphatic heterocycles. The van der Waals surface area contributed by atoms with E-state index in [0.717, 1.165) is 51.6 Å². The zero-order valence-electron chi connectivity index (χ0n) is 9.85. The molecule has 0 amide bonds. The van der Waals surface area contributed by atoms with Crippen LogP contribution in [0.4, 0.5) is 0 Å². The standard InChI is InChI=1S/C11H20N4O/c1-2-15-10-11(9-13-15)16-8-7-14-5-3-12-4-6-14/h9-10,12H,2-8H2,1H3. The monoisotopic (exact) mass is 224 g/mol. The van der Waals surface area contributed by atoms with Crippen molar-refractivity contribution in [3.05, 3.63) is 12.4 Å². The molecule has 0 spiro atoms. The molecule has 1 aromatic heterocycles. The maximum atomic E-state index is 5.65. The molecule has 16 heavy (non-hydrogen) atoms. The number of nitrogens with zero attached hydrogens (tertiary/aromatic N) is 3. The summed E-state index contributed by atoms with van der Waals surface area (Å²) >= 11 is 0. The predicted molar refractivity (Wildman–Crippen MR) is 62.7 cm³/mol. The molecule has 1 N–H and O–H groups in total. The highest BCUT2D eigenvalue weighted by atomic mass is 16.5. The van der Waals surface area contributed by atoms with Gasteiger partial charge in [0.25, 0.3) is 0 Å². The number of piperazine rings is 1. The van der Waals surface area contributed by atoms with Gasteiger partial charge in [-0.25, -0.2) is 0 Å². The average Bonchev–Trinajstić information content (AvgIpc) is 2.78. The third-order valence-corrected chi connectivity index (χ3v) is 2.82. The third-order valence-electron chi connectivity index (χ3n) is 2.82. The van der Waals surface area contributed by atoms with E-state index in [2.05, 4.69) is 22.2 Å². The van der Waals surface area contributed by atoms with Gasteiger partial charge in [-0.3, -0.25) is 9.58 Å². The first-order valence-corrected chi connectivity index (χ1v) is 5.97. The molecule has 1 saturated heterocycles. The van der Waals surface area contributed by atoms with Crippen molar-refractivity contribution >= 4 is 0 Å². The Labute approximate surface area is 96.4 Å². The van der Waals surface area contributed by atoms with Gasteiger partial charge in [-0.15, -0.1) is 0 Å². The SMILES string of the molecule is CCn1cc(OCCN2CCNCC2)cn1. The fraction of sp³-hybridized carbons (Fsp3) is 0.727. The molecule has 0 unspecified atom stereocenters. The van der Waals surface area contributed by atoms with Gasteiger partial charge in [0.05, 0.1) is 12.4 Å². The van der Waals surface area contributed by atoms with E-state index in [-0.39, 0.29) is 0 Å². The molecule has 5 heteroatoms. The summed E-state index contributed by atoms with van der Waals surface area (Å²) in [6.07, 6.45) is 3.72. The van der Waals surface area contributed by atoms with E-state index >= 15 is 0 Å². The first kappa shape index (κ1) is 11.4. The molecule has 2 heterocycles. The maximum Gasteiger partial charge on any atom is 0.157 e. The van der Waals surface area contributed by atoms with Crippen molar-refractivity contribution < 1.29 is 4.74 Å². The topological polar surface area (TPSA) is 42.3 Å². The Morgan fingerprint density at radius 3 is 2.94 bits per heavy atom. The molecule has 1 aliphatic rings. The number of hydrogen-bond donors (Lipinski definition) is 1. The van der Waals surface area contributed by atoms with Crippen LogP contribution in [0.1, 0.15) is 6.92 Å². The fourth-order valence-electron chi connectivity index (χ4n) is 1.82. The van der Waals surface area contributed by atoms with E-state index in [0.29, 0.717) is 0 Å². The number of hydrogen-bond acceptors (Lipinski definition) is 4. The van der Waals surface area contributed by atoms with Gasteiger partial charge >= 0.3 is 0 Å². The summed E-state index contributed by atoms with van der Waals surface area (Å²) in [6, 6.07) is 0. The Morgan fingerprint density at radius 2 is 2.25 bits per heavy atom. The molecule has 1 fully saturated rings. The first-order valence-electron chi connectivity index (χ1n) is 5.97. The van der Waals surface area contributed by atoms with Crippen LogP contribution in [-0.4, -0.2) is 54.0 Å². The second-order valence-corrected chi connectivity index (χ2v) is 3.97. The van der Waals surface area contributed by atoms with Crippen molar-refractivity contribution in [2.24, 2.45) is 0 Å². The molecule has 0 radical (unpaired) electrons. The second kappa shape index (κ2) is 5.86. The maximum absolute atomic E-state index is 5.65. The van der Waals surface area contributed by atoms with Gasteiger partial charge < -0.3 is 10.1 Å². The Balaban J connectivity index is 1.66. The smallest absolute Gasteiger partial charge is 0.157 e. The summed E-state index contributed by atoms with van der Waals surface area (Å²) < 4.78 is 7.52. The Kier molecular flexibility index (Phi) is 4.18. The van der Waals surface area contributed by atoms with Crippen LogP contribution in [0.25, 0.3) is 0 Å². The first-order chi connectivity index (χ1) is 7.88. The van der Waals surface area contributed by atoms with Gasteiger partial charge in [0.1, 0.15) is 6.61 Å². The van der Waals surface area contributed by atoms with E-state index in [1.165, 1.54) is 0 Å². The van der Waals surface area contributed by atoms with Gasteiger partial charge in [0, 0.05) is 39.3 Å². The summed E-state index contributed by atoms with van der Waals surface area (Å²) in [5.41, 5.74) is 0. The number of aromatic nitrogens is 2. The lowest BCUT2D eigenvalue weighted by molar-refractivity contribution is 0.191. The third kappa shape index (κ3) is 3.21. The normalized spacial score (nSPS) is 17.6. The highest BCUT2D eigenvalue weighted by molar-refractivity contribution is 5.11. The zero-order valence-corrected chi connectivity index (χ0v) is 9.85. The van der Waals surface area contributed by atoms with Crippen molar-refractivity contribution in [1.29, 1.82) is 0 Å². The Hall–Kier alpha value is -1.07. The molecule has 1 aromatic rings. The van der Waals surface area contributed by atoms with E-state index < -0.39 is 0 Å².